The van der Waals surface area contributed by atoms with E-state index in [9.17, 15) is 5.11 Å². The Kier molecular flexibility index (Phi) is 8.94. The van der Waals surface area contributed by atoms with Gasteiger partial charge in [-0.05, 0) is 35.2 Å². The van der Waals surface area contributed by atoms with E-state index >= 15 is 0 Å². The zero-order valence-electron chi connectivity index (χ0n) is 17.8. The van der Waals surface area contributed by atoms with Crippen LogP contribution in [0.15, 0.2) is 78.9 Å². The predicted molar refractivity (Wildman–Crippen MR) is 129 cm³/mol. The molecule has 0 fully saturated rings. The monoisotopic (exact) mass is 457 g/mol. The molecule has 5 heteroatoms. The van der Waals surface area contributed by atoms with Crippen molar-refractivity contribution in [3.05, 3.63) is 106 Å². The van der Waals surface area contributed by atoms with Crippen molar-refractivity contribution in [1.82, 2.24) is 4.90 Å². The van der Waals surface area contributed by atoms with Crippen LogP contribution in [-0.4, -0.2) is 36.8 Å². The van der Waals surface area contributed by atoms with Gasteiger partial charge in [0.15, 0.2) is 0 Å². The van der Waals surface area contributed by atoms with Gasteiger partial charge in [0.25, 0.3) is 0 Å². The molecule has 31 heavy (non-hydrogen) atoms. The van der Waals surface area contributed by atoms with Crippen LogP contribution in [0.5, 0.6) is 0 Å². The third-order valence-corrected chi connectivity index (χ3v) is 6.25. The number of rotatable bonds is 11. The molecule has 0 heterocycles. The minimum atomic E-state index is -1.10. The molecule has 3 rings (SSSR count). The summed E-state index contributed by atoms with van der Waals surface area (Å²) < 4.78 is 5.31. The fourth-order valence-electron chi connectivity index (χ4n) is 3.75. The summed E-state index contributed by atoms with van der Waals surface area (Å²) in [7, 11) is 1.71. The quantitative estimate of drug-likeness (QED) is 0.385. The molecule has 0 aliphatic heterocycles. The molecule has 0 spiro atoms. The lowest BCUT2D eigenvalue weighted by Crippen LogP contribution is -2.36. The van der Waals surface area contributed by atoms with Crippen LogP contribution in [0.3, 0.4) is 0 Å². The molecule has 0 bridgehead atoms. The number of benzene rings is 3. The summed E-state index contributed by atoms with van der Waals surface area (Å²) in [4.78, 5) is 2.31. The van der Waals surface area contributed by atoms with Gasteiger partial charge in [-0.1, -0.05) is 89.9 Å². The van der Waals surface area contributed by atoms with Gasteiger partial charge in [-0.15, -0.1) is 0 Å². The van der Waals surface area contributed by atoms with E-state index in [0.717, 1.165) is 24.2 Å². The van der Waals surface area contributed by atoms with Gasteiger partial charge in [0.05, 0.1) is 12.2 Å². The van der Waals surface area contributed by atoms with Gasteiger partial charge in [0.1, 0.15) is 0 Å². The molecule has 1 atom stereocenters. The normalized spacial score (nSPS) is 13.3. The van der Waals surface area contributed by atoms with E-state index in [1.807, 2.05) is 66.7 Å². The maximum Gasteiger partial charge on any atom is 0.0949 e. The molecule has 1 unspecified atom stereocenters. The van der Waals surface area contributed by atoms with Crippen molar-refractivity contribution in [1.29, 1.82) is 0 Å². The van der Waals surface area contributed by atoms with Crippen molar-refractivity contribution in [2.45, 2.75) is 25.0 Å². The molecule has 3 nitrogen and oxygen atoms in total. The molecule has 0 saturated heterocycles. The summed E-state index contributed by atoms with van der Waals surface area (Å²) in [6.07, 6.45) is 0.883. The highest BCUT2D eigenvalue weighted by Gasteiger charge is 2.31. The molecule has 1 N–H and O–H groups in total. The number of halogens is 2. The Morgan fingerprint density at radius 2 is 1.45 bits per heavy atom. The number of hydrogen-bond donors (Lipinski definition) is 1. The standard InChI is InChI=1S/C26H29Cl2NO2/c1-31-18-17-29(20-21-9-4-2-5-10-21)16-15-26(30,22-11-6-3-7-12-22)19-23-24(27)13-8-14-25(23)28/h2-14,30H,15-20H2,1H3. The third kappa shape index (κ3) is 6.80. The summed E-state index contributed by atoms with van der Waals surface area (Å²) in [6, 6.07) is 25.6. The smallest absolute Gasteiger partial charge is 0.0949 e. The van der Waals surface area contributed by atoms with Crippen molar-refractivity contribution in [3.8, 4) is 0 Å². The SMILES string of the molecule is COCCN(CCC(O)(Cc1c(Cl)cccc1Cl)c1ccccc1)Cc1ccccc1. The molecule has 0 aromatic heterocycles. The van der Waals surface area contributed by atoms with Gasteiger partial charge in [0, 0.05) is 43.2 Å². The molecule has 3 aromatic carbocycles. The van der Waals surface area contributed by atoms with E-state index in [2.05, 4.69) is 17.0 Å². The molecular formula is C26H29Cl2NO2. The molecule has 0 amide bonds. The Morgan fingerprint density at radius 3 is 2.06 bits per heavy atom. The topological polar surface area (TPSA) is 32.7 Å². The van der Waals surface area contributed by atoms with Crippen molar-refractivity contribution in [2.75, 3.05) is 26.8 Å². The highest BCUT2D eigenvalue weighted by atomic mass is 35.5. The number of hydrogen-bond acceptors (Lipinski definition) is 3. The summed E-state index contributed by atoms with van der Waals surface area (Å²) in [5.41, 5.74) is 1.76. The summed E-state index contributed by atoms with van der Waals surface area (Å²) in [5.74, 6) is 0. The van der Waals surface area contributed by atoms with Crippen LogP contribution in [-0.2, 0) is 23.3 Å². The molecular weight excluding hydrogens is 429 g/mol. The van der Waals surface area contributed by atoms with Crippen LogP contribution in [0.2, 0.25) is 10.0 Å². The first-order valence-electron chi connectivity index (χ1n) is 10.5. The first kappa shape index (κ1) is 23.8. The van der Waals surface area contributed by atoms with Crippen molar-refractivity contribution in [2.24, 2.45) is 0 Å². The molecule has 0 radical (unpaired) electrons. The van der Waals surface area contributed by atoms with E-state index in [4.69, 9.17) is 27.9 Å². The zero-order valence-corrected chi connectivity index (χ0v) is 19.3. The van der Waals surface area contributed by atoms with Crippen LogP contribution < -0.4 is 0 Å². The summed E-state index contributed by atoms with van der Waals surface area (Å²) >= 11 is 12.9. The van der Waals surface area contributed by atoms with Crippen molar-refractivity contribution < 1.29 is 9.84 Å². The second kappa shape index (κ2) is 11.7. The molecule has 0 aliphatic rings. The van der Waals surface area contributed by atoms with Crippen LogP contribution in [0.4, 0.5) is 0 Å². The van der Waals surface area contributed by atoms with E-state index in [1.54, 1.807) is 7.11 Å². The summed E-state index contributed by atoms with van der Waals surface area (Å²) in [5, 5.41) is 13.0. The van der Waals surface area contributed by atoms with Crippen LogP contribution in [0.1, 0.15) is 23.1 Å². The predicted octanol–water partition coefficient (Wildman–Crippen LogP) is 5.96. The van der Waals surface area contributed by atoms with E-state index < -0.39 is 5.60 Å². The number of ether oxygens (including phenoxy) is 1. The van der Waals surface area contributed by atoms with Gasteiger partial charge in [0.2, 0.25) is 0 Å². The average molecular weight is 458 g/mol. The average Bonchev–Trinajstić information content (AvgIpc) is 2.79. The Balaban J connectivity index is 1.83. The zero-order chi connectivity index (χ0) is 22.1. The van der Waals surface area contributed by atoms with Gasteiger partial charge < -0.3 is 9.84 Å². The van der Waals surface area contributed by atoms with Gasteiger partial charge >= 0.3 is 0 Å². The molecule has 3 aromatic rings. The number of aliphatic hydroxyl groups is 1. The van der Waals surface area contributed by atoms with Gasteiger partial charge in [-0.2, -0.15) is 0 Å². The Bertz CT molecular complexity index is 916. The lowest BCUT2D eigenvalue weighted by Gasteiger charge is -2.33. The Morgan fingerprint density at radius 1 is 0.839 bits per heavy atom. The van der Waals surface area contributed by atoms with Crippen LogP contribution >= 0.6 is 23.2 Å². The van der Waals surface area contributed by atoms with Crippen LogP contribution in [0, 0.1) is 0 Å². The molecule has 0 saturated carbocycles. The molecule has 0 aliphatic carbocycles. The Hall–Kier alpha value is -1.88. The molecule has 164 valence electrons. The van der Waals surface area contributed by atoms with Gasteiger partial charge in [-0.25, -0.2) is 0 Å². The second-order valence-corrected chi connectivity index (χ2v) is 8.59. The van der Waals surface area contributed by atoms with Crippen molar-refractivity contribution in [3.63, 3.8) is 0 Å². The Labute approximate surface area is 195 Å². The lowest BCUT2D eigenvalue weighted by molar-refractivity contribution is 0.0139. The minimum absolute atomic E-state index is 0.346. The fraction of sp³-hybridized carbons (Fsp3) is 0.308. The largest absolute Gasteiger partial charge is 0.385 e. The third-order valence-electron chi connectivity index (χ3n) is 5.54. The number of nitrogens with zero attached hydrogens (tertiary/aromatic N) is 1. The maximum absolute atomic E-state index is 11.9. The fourth-order valence-corrected chi connectivity index (χ4v) is 4.28. The maximum atomic E-state index is 11.9. The van der Waals surface area contributed by atoms with Crippen LogP contribution in [0.25, 0.3) is 0 Å². The number of methoxy groups -OCH3 is 1. The first-order chi connectivity index (χ1) is 15.0. The summed E-state index contributed by atoms with van der Waals surface area (Å²) in [6.45, 7) is 2.91. The highest BCUT2D eigenvalue weighted by molar-refractivity contribution is 6.36. The second-order valence-electron chi connectivity index (χ2n) is 7.78. The minimum Gasteiger partial charge on any atom is -0.385 e. The van der Waals surface area contributed by atoms with Gasteiger partial charge in [-0.3, -0.25) is 4.90 Å². The van der Waals surface area contributed by atoms with E-state index in [0.29, 0.717) is 36.0 Å². The van der Waals surface area contributed by atoms with E-state index in [1.165, 1.54) is 5.56 Å². The lowest BCUT2D eigenvalue weighted by atomic mass is 9.84. The first-order valence-corrected chi connectivity index (χ1v) is 11.2. The van der Waals surface area contributed by atoms with Crippen molar-refractivity contribution >= 4 is 23.2 Å². The highest BCUT2D eigenvalue weighted by Crippen LogP contribution is 2.35. The van der Waals surface area contributed by atoms with E-state index in [-0.39, 0.29) is 0 Å².